The van der Waals surface area contributed by atoms with E-state index in [0.717, 1.165) is 22.3 Å². The SMILES string of the molecule is COc1ccc(S(=O)(=O)Nc2cc(-c3cn(C)cc3C)ccc2C)cc1. The fraction of sp³-hybridized carbons (Fsp3) is 0.200. The van der Waals surface area contributed by atoms with Crippen LogP contribution in [0.5, 0.6) is 5.75 Å². The third kappa shape index (κ3) is 3.60. The zero-order valence-corrected chi connectivity index (χ0v) is 16.1. The highest BCUT2D eigenvalue weighted by atomic mass is 32.2. The molecule has 0 saturated heterocycles. The molecule has 2 aromatic carbocycles. The van der Waals surface area contributed by atoms with E-state index < -0.39 is 10.0 Å². The number of methoxy groups -OCH3 is 1. The smallest absolute Gasteiger partial charge is 0.261 e. The van der Waals surface area contributed by atoms with Crippen LogP contribution in [-0.4, -0.2) is 20.1 Å². The fourth-order valence-electron chi connectivity index (χ4n) is 2.88. The first-order valence-electron chi connectivity index (χ1n) is 8.20. The van der Waals surface area contributed by atoms with Crippen molar-refractivity contribution in [2.75, 3.05) is 11.8 Å². The standard InChI is InChI=1S/C20H22N2O3S/c1-14-5-6-16(19-13-22(3)12-15(19)2)11-20(14)21-26(23,24)18-9-7-17(25-4)8-10-18/h5-13,21H,1-4H3. The van der Waals surface area contributed by atoms with Gasteiger partial charge < -0.3 is 9.30 Å². The number of aryl methyl sites for hydroxylation is 3. The van der Waals surface area contributed by atoms with E-state index in [1.807, 2.05) is 56.1 Å². The van der Waals surface area contributed by atoms with E-state index in [4.69, 9.17) is 4.74 Å². The number of benzene rings is 2. The van der Waals surface area contributed by atoms with E-state index in [-0.39, 0.29) is 4.90 Å². The minimum atomic E-state index is -3.68. The van der Waals surface area contributed by atoms with Crippen LogP contribution < -0.4 is 9.46 Å². The van der Waals surface area contributed by atoms with Crippen LogP contribution in [0.15, 0.2) is 59.8 Å². The molecule has 0 aliphatic rings. The van der Waals surface area contributed by atoms with Crippen LogP contribution >= 0.6 is 0 Å². The van der Waals surface area contributed by atoms with Crippen molar-refractivity contribution in [2.24, 2.45) is 7.05 Å². The maximum Gasteiger partial charge on any atom is 0.261 e. The first kappa shape index (κ1) is 18.1. The molecule has 0 atom stereocenters. The Bertz CT molecular complexity index is 1040. The average molecular weight is 370 g/mol. The number of sulfonamides is 1. The molecule has 1 N–H and O–H groups in total. The summed E-state index contributed by atoms with van der Waals surface area (Å²) in [5, 5.41) is 0. The van der Waals surface area contributed by atoms with Crippen LogP contribution in [-0.2, 0) is 17.1 Å². The molecule has 0 unspecified atom stereocenters. The van der Waals surface area contributed by atoms with Gasteiger partial charge in [-0.2, -0.15) is 0 Å². The van der Waals surface area contributed by atoms with Crippen molar-refractivity contribution in [3.63, 3.8) is 0 Å². The fourth-order valence-corrected chi connectivity index (χ4v) is 4.00. The zero-order chi connectivity index (χ0) is 18.9. The molecule has 1 heterocycles. The van der Waals surface area contributed by atoms with Gasteiger partial charge in [0, 0.05) is 25.0 Å². The summed E-state index contributed by atoms with van der Waals surface area (Å²) < 4.78 is 35.2. The molecule has 0 bridgehead atoms. The molecule has 5 nitrogen and oxygen atoms in total. The Hall–Kier alpha value is -2.73. The van der Waals surface area contributed by atoms with Crippen molar-refractivity contribution in [3.05, 3.63) is 66.0 Å². The molecule has 3 rings (SSSR count). The lowest BCUT2D eigenvalue weighted by molar-refractivity contribution is 0.414. The topological polar surface area (TPSA) is 60.3 Å². The zero-order valence-electron chi connectivity index (χ0n) is 15.3. The van der Waals surface area contributed by atoms with Gasteiger partial charge >= 0.3 is 0 Å². The quantitative estimate of drug-likeness (QED) is 0.735. The Labute approximate surface area is 154 Å². The van der Waals surface area contributed by atoms with Gasteiger partial charge in [-0.25, -0.2) is 8.42 Å². The molecule has 1 aromatic heterocycles. The predicted octanol–water partition coefficient (Wildman–Crippen LogP) is 4.12. The highest BCUT2D eigenvalue weighted by molar-refractivity contribution is 7.92. The maximum atomic E-state index is 12.7. The van der Waals surface area contributed by atoms with E-state index in [1.54, 1.807) is 19.2 Å². The molecule has 0 fully saturated rings. The molecular formula is C20H22N2O3S. The average Bonchev–Trinajstić information content (AvgIpc) is 2.95. The first-order chi connectivity index (χ1) is 12.3. The lowest BCUT2D eigenvalue weighted by Gasteiger charge is -2.13. The highest BCUT2D eigenvalue weighted by Gasteiger charge is 2.16. The van der Waals surface area contributed by atoms with Gasteiger partial charge in [0.1, 0.15) is 5.75 Å². The molecule has 26 heavy (non-hydrogen) atoms. The van der Waals surface area contributed by atoms with Gasteiger partial charge in [0.2, 0.25) is 0 Å². The van der Waals surface area contributed by atoms with Crippen molar-refractivity contribution in [3.8, 4) is 16.9 Å². The monoisotopic (exact) mass is 370 g/mol. The molecule has 3 aromatic rings. The molecule has 6 heteroatoms. The van der Waals surface area contributed by atoms with Crippen LogP contribution in [0.2, 0.25) is 0 Å². The third-order valence-electron chi connectivity index (χ3n) is 4.32. The van der Waals surface area contributed by atoms with E-state index in [2.05, 4.69) is 4.72 Å². The summed E-state index contributed by atoms with van der Waals surface area (Å²) in [4.78, 5) is 0.194. The molecule has 136 valence electrons. The lowest BCUT2D eigenvalue weighted by atomic mass is 10.0. The number of anilines is 1. The normalized spacial score (nSPS) is 11.4. The summed E-state index contributed by atoms with van der Waals surface area (Å²) in [6.45, 7) is 3.92. The van der Waals surface area contributed by atoms with E-state index in [1.165, 1.54) is 12.1 Å². The number of nitrogens with zero attached hydrogens (tertiary/aromatic N) is 1. The minimum Gasteiger partial charge on any atom is -0.497 e. The largest absolute Gasteiger partial charge is 0.497 e. The number of ether oxygens (including phenoxy) is 1. The Kier molecular flexibility index (Phi) is 4.78. The summed E-state index contributed by atoms with van der Waals surface area (Å²) in [6, 6.07) is 12.1. The summed E-state index contributed by atoms with van der Waals surface area (Å²) >= 11 is 0. The summed E-state index contributed by atoms with van der Waals surface area (Å²) in [6.07, 6.45) is 4.07. The Balaban J connectivity index is 1.96. The maximum absolute atomic E-state index is 12.7. The lowest BCUT2D eigenvalue weighted by Crippen LogP contribution is -2.13. The van der Waals surface area contributed by atoms with Gasteiger partial charge in [-0.05, 0) is 60.9 Å². The van der Waals surface area contributed by atoms with Gasteiger partial charge in [0.05, 0.1) is 17.7 Å². The second kappa shape index (κ2) is 6.88. The van der Waals surface area contributed by atoms with Gasteiger partial charge in [0.25, 0.3) is 10.0 Å². The van der Waals surface area contributed by atoms with Gasteiger partial charge in [-0.1, -0.05) is 12.1 Å². The van der Waals surface area contributed by atoms with Crippen LogP contribution in [0.1, 0.15) is 11.1 Å². The van der Waals surface area contributed by atoms with Crippen molar-refractivity contribution in [1.29, 1.82) is 0 Å². The van der Waals surface area contributed by atoms with Crippen LogP contribution in [0, 0.1) is 13.8 Å². The van der Waals surface area contributed by atoms with Crippen molar-refractivity contribution in [2.45, 2.75) is 18.7 Å². The number of aromatic nitrogens is 1. The molecule has 0 spiro atoms. The number of hydrogen-bond donors (Lipinski definition) is 1. The predicted molar refractivity (Wildman–Crippen MR) is 104 cm³/mol. The van der Waals surface area contributed by atoms with Crippen LogP contribution in [0.4, 0.5) is 5.69 Å². The molecule has 0 aliphatic carbocycles. The van der Waals surface area contributed by atoms with E-state index in [9.17, 15) is 8.42 Å². The Morgan fingerprint density at radius 1 is 0.962 bits per heavy atom. The van der Waals surface area contributed by atoms with E-state index in [0.29, 0.717) is 11.4 Å². The van der Waals surface area contributed by atoms with Gasteiger partial charge in [-0.3, -0.25) is 4.72 Å². The van der Waals surface area contributed by atoms with Crippen molar-refractivity contribution in [1.82, 2.24) is 4.57 Å². The third-order valence-corrected chi connectivity index (χ3v) is 5.70. The number of nitrogens with one attached hydrogen (secondary N) is 1. The summed E-state index contributed by atoms with van der Waals surface area (Å²) in [5.41, 5.74) is 4.62. The molecule has 0 amide bonds. The van der Waals surface area contributed by atoms with Gasteiger partial charge in [-0.15, -0.1) is 0 Å². The van der Waals surface area contributed by atoms with Gasteiger partial charge in [0.15, 0.2) is 0 Å². The minimum absolute atomic E-state index is 0.194. The Morgan fingerprint density at radius 3 is 2.23 bits per heavy atom. The molecular weight excluding hydrogens is 348 g/mol. The Morgan fingerprint density at radius 2 is 1.65 bits per heavy atom. The summed E-state index contributed by atoms with van der Waals surface area (Å²) in [7, 11) is -0.161. The van der Waals surface area contributed by atoms with Crippen molar-refractivity contribution < 1.29 is 13.2 Å². The number of hydrogen-bond acceptors (Lipinski definition) is 3. The number of rotatable bonds is 5. The summed E-state index contributed by atoms with van der Waals surface area (Å²) in [5.74, 6) is 0.613. The second-order valence-electron chi connectivity index (χ2n) is 6.33. The highest BCUT2D eigenvalue weighted by Crippen LogP contribution is 2.29. The molecule has 0 saturated carbocycles. The second-order valence-corrected chi connectivity index (χ2v) is 8.01. The molecule has 0 aliphatic heterocycles. The van der Waals surface area contributed by atoms with Crippen LogP contribution in [0.3, 0.4) is 0 Å². The van der Waals surface area contributed by atoms with Crippen molar-refractivity contribution >= 4 is 15.7 Å². The van der Waals surface area contributed by atoms with Crippen LogP contribution in [0.25, 0.3) is 11.1 Å². The van der Waals surface area contributed by atoms with E-state index >= 15 is 0 Å². The first-order valence-corrected chi connectivity index (χ1v) is 9.69. The molecule has 0 radical (unpaired) electrons.